The summed E-state index contributed by atoms with van der Waals surface area (Å²) in [6.07, 6.45) is 0. The minimum absolute atomic E-state index is 0.0286. The number of allylic oxidation sites excluding steroid dienone is 2. The molecule has 0 fully saturated rings. The zero-order chi connectivity index (χ0) is 22.3. The summed E-state index contributed by atoms with van der Waals surface area (Å²) in [5, 5.41) is 13.5. The number of carbonyl (C=O) groups is 2. The molecule has 0 radical (unpaired) electrons. The number of methoxy groups -OCH3 is 3. The van der Waals surface area contributed by atoms with E-state index in [0.29, 0.717) is 38.9 Å². The van der Waals surface area contributed by atoms with Crippen LogP contribution in [0.5, 0.6) is 11.5 Å². The second kappa shape index (κ2) is 10.6. The summed E-state index contributed by atoms with van der Waals surface area (Å²) in [5.41, 5.74) is 1.79. The predicted octanol–water partition coefficient (Wildman–Crippen LogP) is 2.87. The van der Waals surface area contributed by atoms with Crippen LogP contribution in [0.1, 0.15) is 25.3 Å². The highest BCUT2D eigenvalue weighted by atomic mass is 32.2. The van der Waals surface area contributed by atoms with Crippen LogP contribution >= 0.6 is 11.8 Å². The molecule has 0 bridgehead atoms. The smallest absolute Gasteiger partial charge is 0.336 e. The predicted molar refractivity (Wildman–Crippen MR) is 112 cm³/mol. The highest BCUT2D eigenvalue weighted by Gasteiger charge is 2.36. The molecule has 0 amide bonds. The van der Waals surface area contributed by atoms with Gasteiger partial charge in [0.15, 0.2) is 11.5 Å². The Hall–Kier alpha value is -3.12. The molecule has 1 N–H and O–H groups in total. The van der Waals surface area contributed by atoms with Crippen LogP contribution in [-0.4, -0.2) is 45.6 Å². The largest absolute Gasteiger partial charge is 0.493 e. The summed E-state index contributed by atoms with van der Waals surface area (Å²) in [6.45, 7) is 3.72. The molecule has 1 aliphatic heterocycles. The van der Waals surface area contributed by atoms with Gasteiger partial charge in [0, 0.05) is 5.70 Å². The van der Waals surface area contributed by atoms with E-state index in [2.05, 4.69) is 11.4 Å². The molecular weight excluding hydrogens is 408 g/mol. The number of nitriles is 1. The van der Waals surface area contributed by atoms with Crippen LogP contribution in [-0.2, 0) is 19.1 Å². The van der Waals surface area contributed by atoms with Crippen LogP contribution in [0, 0.1) is 11.3 Å². The number of nitrogens with one attached hydrogen (secondary N) is 1. The third-order valence-corrected chi connectivity index (χ3v) is 5.42. The zero-order valence-corrected chi connectivity index (χ0v) is 18.3. The first kappa shape index (κ1) is 23.2. The molecule has 0 saturated carbocycles. The average molecular weight is 432 g/mol. The van der Waals surface area contributed by atoms with Crippen molar-refractivity contribution < 1.29 is 28.5 Å². The van der Waals surface area contributed by atoms with Crippen LogP contribution < -0.4 is 14.8 Å². The Bertz CT molecular complexity index is 932. The van der Waals surface area contributed by atoms with Gasteiger partial charge in [-0.15, -0.1) is 0 Å². The summed E-state index contributed by atoms with van der Waals surface area (Å²) in [5.74, 6) is -0.628. The van der Waals surface area contributed by atoms with Crippen LogP contribution in [0.3, 0.4) is 0 Å². The number of thioether (sulfide) groups is 1. The van der Waals surface area contributed by atoms with Crippen molar-refractivity contribution in [2.45, 2.75) is 19.8 Å². The minimum Gasteiger partial charge on any atom is -0.493 e. The summed E-state index contributed by atoms with van der Waals surface area (Å²) in [6, 6.07) is 7.37. The molecular formula is C21H24N2O6S. The Morgan fingerprint density at radius 1 is 1.20 bits per heavy atom. The van der Waals surface area contributed by atoms with Gasteiger partial charge >= 0.3 is 11.9 Å². The van der Waals surface area contributed by atoms with Crippen molar-refractivity contribution in [3.8, 4) is 17.6 Å². The number of hydrogen-bond donors (Lipinski definition) is 1. The molecule has 1 atom stereocenters. The monoisotopic (exact) mass is 432 g/mol. The van der Waals surface area contributed by atoms with E-state index in [9.17, 15) is 14.9 Å². The normalized spacial score (nSPS) is 15.8. The average Bonchev–Trinajstić information content (AvgIpc) is 2.76. The molecule has 1 aliphatic rings. The van der Waals surface area contributed by atoms with Crippen molar-refractivity contribution in [3.63, 3.8) is 0 Å². The van der Waals surface area contributed by atoms with Gasteiger partial charge < -0.3 is 24.3 Å². The standard InChI is InChI=1S/C21H24N2O6S/c1-6-29-17(24)11-30-20-14(10-22)19(18(12(2)23-20)21(25)28-5)13-7-8-15(26-3)16(9-13)27-4/h7-9,19,23H,6,11H2,1-5H3. The molecule has 1 aromatic carbocycles. The Labute approximate surface area is 179 Å². The maximum Gasteiger partial charge on any atom is 0.336 e. The first-order valence-electron chi connectivity index (χ1n) is 9.12. The lowest BCUT2D eigenvalue weighted by Gasteiger charge is -2.29. The number of carbonyl (C=O) groups excluding carboxylic acids is 2. The number of nitrogens with zero attached hydrogens (tertiary/aromatic N) is 1. The van der Waals surface area contributed by atoms with Gasteiger partial charge in [0.05, 0.1) is 61.9 Å². The molecule has 0 aliphatic carbocycles. The molecule has 9 heteroatoms. The Morgan fingerprint density at radius 3 is 2.47 bits per heavy atom. The van der Waals surface area contributed by atoms with Gasteiger partial charge in [-0.05, 0) is 31.5 Å². The Balaban J connectivity index is 2.58. The molecule has 2 rings (SSSR count). The van der Waals surface area contributed by atoms with E-state index in [0.717, 1.165) is 11.8 Å². The van der Waals surface area contributed by atoms with E-state index in [1.54, 1.807) is 32.0 Å². The number of dihydropyridines is 1. The van der Waals surface area contributed by atoms with E-state index >= 15 is 0 Å². The van der Waals surface area contributed by atoms with Gasteiger partial charge in [0.2, 0.25) is 0 Å². The summed E-state index contributed by atoms with van der Waals surface area (Å²) in [7, 11) is 4.32. The first-order chi connectivity index (χ1) is 14.4. The number of rotatable bonds is 8. The van der Waals surface area contributed by atoms with E-state index < -0.39 is 17.9 Å². The maximum absolute atomic E-state index is 12.6. The number of esters is 2. The summed E-state index contributed by atoms with van der Waals surface area (Å²) < 4.78 is 20.6. The van der Waals surface area contributed by atoms with Gasteiger partial charge in [-0.2, -0.15) is 5.26 Å². The van der Waals surface area contributed by atoms with E-state index in [-0.39, 0.29) is 12.4 Å². The van der Waals surface area contributed by atoms with Crippen LogP contribution in [0.2, 0.25) is 0 Å². The van der Waals surface area contributed by atoms with Crippen LogP contribution in [0.4, 0.5) is 0 Å². The fourth-order valence-corrected chi connectivity index (χ4v) is 4.00. The highest BCUT2D eigenvalue weighted by molar-refractivity contribution is 8.03. The van der Waals surface area contributed by atoms with Crippen molar-refractivity contribution in [2.75, 3.05) is 33.7 Å². The van der Waals surface area contributed by atoms with E-state index in [4.69, 9.17) is 18.9 Å². The van der Waals surface area contributed by atoms with Gasteiger partial charge in [0.1, 0.15) is 0 Å². The molecule has 0 saturated heterocycles. The Morgan fingerprint density at radius 2 is 1.90 bits per heavy atom. The lowest BCUT2D eigenvalue weighted by molar-refractivity contribution is -0.140. The number of hydrogen-bond acceptors (Lipinski definition) is 9. The third kappa shape index (κ3) is 4.89. The molecule has 8 nitrogen and oxygen atoms in total. The lowest BCUT2D eigenvalue weighted by Crippen LogP contribution is -2.29. The topological polar surface area (TPSA) is 107 Å². The molecule has 1 heterocycles. The summed E-state index contributed by atoms with van der Waals surface area (Å²) in [4.78, 5) is 24.4. The van der Waals surface area contributed by atoms with Crippen molar-refractivity contribution in [2.24, 2.45) is 0 Å². The van der Waals surface area contributed by atoms with Crippen molar-refractivity contribution in [3.05, 3.63) is 45.6 Å². The molecule has 30 heavy (non-hydrogen) atoms. The van der Waals surface area contributed by atoms with Gasteiger partial charge in [-0.3, -0.25) is 4.79 Å². The Kier molecular flexibility index (Phi) is 8.18. The van der Waals surface area contributed by atoms with Gasteiger partial charge in [0.25, 0.3) is 0 Å². The van der Waals surface area contributed by atoms with E-state index in [1.165, 1.54) is 21.3 Å². The van der Waals surface area contributed by atoms with Crippen LogP contribution in [0.15, 0.2) is 40.1 Å². The SMILES string of the molecule is CCOC(=O)CSC1=C(C#N)C(c2ccc(OC)c(OC)c2)C(C(=O)OC)=C(C)N1. The van der Waals surface area contributed by atoms with Crippen molar-refractivity contribution in [1.29, 1.82) is 5.26 Å². The molecule has 0 spiro atoms. The number of ether oxygens (including phenoxy) is 4. The third-order valence-electron chi connectivity index (χ3n) is 4.43. The van der Waals surface area contributed by atoms with Gasteiger partial charge in [-0.1, -0.05) is 17.8 Å². The van der Waals surface area contributed by atoms with Crippen molar-refractivity contribution >= 4 is 23.7 Å². The van der Waals surface area contributed by atoms with Crippen molar-refractivity contribution in [1.82, 2.24) is 5.32 Å². The fourth-order valence-electron chi connectivity index (χ4n) is 3.11. The maximum atomic E-state index is 12.6. The quantitative estimate of drug-likeness (QED) is 0.621. The molecule has 160 valence electrons. The highest BCUT2D eigenvalue weighted by Crippen LogP contribution is 2.43. The molecule has 1 aromatic rings. The van der Waals surface area contributed by atoms with Gasteiger partial charge in [-0.25, -0.2) is 4.79 Å². The second-order valence-electron chi connectivity index (χ2n) is 6.15. The summed E-state index contributed by atoms with van der Waals surface area (Å²) >= 11 is 1.15. The lowest BCUT2D eigenvalue weighted by atomic mass is 9.82. The molecule has 0 aromatic heterocycles. The molecule has 1 unspecified atom stereocenters. The number of benzene rings is 1. The second-order valence-corrected chi connectivity index (χ2v) is 7.14. The zero-order valence-electron chi connectivity index (χ0n) is 17.5. The minimum atomic E-state index is -0.701. The van der Waals surface area contributed by atoms with E-state index in [1.807, 2.05) is 0 Å². The first-order valence-corrected chi connectivity index (χ1v) is 10.1. The van der Waals surface area contributed by atoms with Crippen LogP contribution in [0.25, 0.3) is 0 Å². The fraction of sp³-hybridized carbons (Fsp3) is 0.381.